The van der Waals surface area contributed by atoms with Crippen LogP contribution in [-0.2, 0) is 4.74 Å². The summed E-state index contributed by atoms with van der Waals surface area (Å²) < 4.78 is 5.29. The lowest BCUT2D eigenvalue weighted by Crippen LogP contribution is -2.41. The first-order valence-corrected chi connectivity index (χ1v) is 4.74. The third-order valence-electron chi connectivity index (χ3n) is 3.43. The molecule has 0 aromatic heterocycles. The standard InChI is InChI=1S/C11H24O/c1-9(2)11(6,8-12-7)10(3,4)5/h9H,8H2,1-7H3. The summed E-state index contributed by atoms with van der Waals surface area (Å²) in [6.45, 7) is 14.5. The van der Waals surface area contributed by atoms with Crippen molar-refractivity contribution in [3.63, 3.8) is 0 Å². The van der Waals surface area contributed by atoms with E-state index >= 15 is 0 Å². The zero-order chi connectivity index (χ0) is 9.99. The van der Waals surface area contributed by atoms with Crippen molar-refractivity contribution in [1.29, 1.82) is 0 Å². The van der Waals surface area contributed by atoms with Gasteiger partial charge in [0.25, 0.3) is 0 Å². The van der Waals surface area contributed by atoms with Crippen LogP contribution >= 0.6 is 0 Å². The number of methoxy groups -OCH3 is 1. The fraction of sp³-hybridized carbons (Fsp3) is 1.00. The lowest BCUT2D eigenvalue weighted by atomic mass is 9.62. The molecule has 0 spiro atoms. The van der Waals surface area contributed by atoms with Gasteiger partial charge in [-0.1, -0.05) is 41.5 Å². The number of hydrogen-bond donors (Lipinski definition) is 0. The molecule has 0 amide bonds. The van der Waals surface area contributed by atoms with Gasteiger partial charge in [0, 0.05) is 7.11 Å². The molecule has 0 radical (unpaired) electrons. The molecule has 0 bridgehead atoms. The maximum absolute atomic E-state index is 5.29. The Morgan fingerprint density at radius 3 is 1.58 bits per heavy atom. The van der Waals surface area contributed by atoms with Crippen molar-refractivity contribution in [1.82, 2.24) is 0 Å². The largest absolute Gasteiger partial charge is 0.384 e. The van der Waals surface area contributed by atoms with Crippen molar-refractivity contribution >= 4 is 0 Å². The van der Waals surface area contributed by atoms with Crippen LogP contribution in [-0.4, -0.2) is 13.7 Å². The first-order chi connectivity index (χ1) is 5.25. The average Bonchev–Trinajstić information content (AvgIpc) is 1.85. The molecule has 1 nitrogen and oxygen atoms in total. The molecule has 0 aromatic carbocycles. The molecule has 1 atom stereocenters. The molecule has 0 aromatic rings. The third kappa shape index (κ3) is 2.22. The Bertz CT molecular complexity index is 132. The van der Waals surface area contributed by atoms with Gasteiger partial charge < -0.3 is 4.74 Å². The van der Waals surface area contributed by atoms with Crippen LogP contribution in [0.5, 0.6) is 0 Å². The van der Waals surface area contributed by atoms with Gasteiger partial charge in [0.2, 0.25) is 0 Å². The summed E-state index contributed by atoms with van der Waals surface area (Å²) >= 11 is 0. The zero-order valence-electron chi connectivity index (χ0n) is 9.69. The van der Waals surface area contributed by atoms with Crippen LogP contribution in [0, 0.1) is 16.7 Å². The van der Waals surface area contributed by atoms with Gasteiger partial charge in [-0.3, -0.25) is 0 Å². The molecule has 0 heterocycles. The van der Waals surface area contributed by atoms with Crippen LogP contribution in [0.2, 0.25) is 0 Å². The predicted octanol–water partition coefficient (Wildman–Crippen LogP) is 3.34. The van der Waals surface area contributed by atoms with Crippen LogP contribution in [0.4, 0.5) is 0 Å². The molecular weight excluding hydrogens is 148 g/mol. The van der Waals surface area contributed by atoms with Crippen molar-refractivity contribution in [2.45, 2.75) is 41.5 Å². The zero-order valence-corrected chi connectivity index (χ0v) is 9.69. The summed E-state index contributed by atoms with van der Waals surface area (Å²) in [6, 6.07) is 0. The average molecular weight is 172 g/mol. The van der Waals surface area contributed by atoms with Crippen LogP contribution in [0.15, 0.2) is 0 Å². The molecule has 74 valence electrons. The highest BCUT2D eigenvalue weighted by Gasteiger charge is 2.39. The minimum Gasteiger partial charge on any atom is -0.384 e. The first kappa shape index (κ1) is 12.0. The summed E-state index contributed by atoms with van der Waals surface area (Å²) in [6.07, 6.45) is 0. The second-order valence-corrected chi connectivity index (χ2v) is 5.26. The minimum absolute atomic E-state index is 0.266. The van der Waals surface area contributed by atoms with Gasteiger partial charge in [-0.15, -0.1) is 0 Å². The van der Waals surface area contributed by atoms with Crippen molar-refractivity contribution in [2.75, 3.05) is 13.7 Å². The summed E-state index contributed by atoms with van der Waals surface area (Å²) in [5.41, 5.74) is 0.568. The van der Waals surface area contributed by atoms with E-state index < -0.39 is 0 Å². The van der Waals surface area contributed by atoms with E-state index in [1.54, 1.807) is 7.11 Å². The topological polar surface area (TPSA) is 9.23 Å². The van der Waals surface area contributed by atoms with E-state index in [1.807, 2.05) is 0 Å². The Labute approximate surface area is 77.5 Å². The van der Waals surface area contributed by atoms with Crippen LogP contribution in [0.25, 0.3) is 0 Å². The number of ether oxygens (including phenoxy) is 1. The van der Waals surface area contributed by atoms with E-state index in [9.17, 15) is 0 Å². The Kier molecular flexibility index (Phi) is 3.77. The van der Waals surface area contributed by atoms with E-state index in [4.69, 9.17) is 4.74 Å². The molecule has 0 aliphatic rings. The van der Waals surface area contributed by atoms with Gasteiger partial charge in [-0.25, -0.2) is 0 Å². The van der Waals surface area contributed by atoms with E-state index in [2.05, 4.69) is 41.5 Å². The fourth-order valence-corrected chi connectivity index (χ4v) is 1.55. The smallest absolute Gasteiger partial charge is 0.0523 e. The molecule has 0 saturated heterocycles. The van der Waals surface area contributed by atoms with Crippen molar-refractivity contribution in [3.05, 3.63) is 0 Å². The maximum atomic E-state index is 5.29. The Balaban J connectivity index is 4.62. The van der Waals surface area contributed by atoms with E-state index in [1.165, 1.54) is 0 Å². The second-order valence-electron chi connectivity index (χ2n) is 5.26. The van der Waals surface area contributed by atoms with Gasteiger partial charge in [0.05, 0.1) is 6.61 Å². The molecule has 0 N–H and O–H groups in total. The van der Waals surface area contributed by atoms with Gasteiger partial charge in [0.1, 0.15) is 0 Å². The quantitative estimate of drug-likeness (QED) is 0.634. The number of hydrogen-bond acceptors (Lipinski definition) is 1. The fourth-order valence-electron chi connectivity index (χ4n) is 1.55. The van der Waals surface area contributed by atoms with Crippen LogP contribution in [0.3, 0.4) is 0 Å². The van der Waals surface area contributed by atoms with Crippen molar-refractivity contribution in [3.8, 4) is 0 Å². The lowest BCUT2D eigenvalue weighted by Gasteiger charge is -2.45. The first-order valence-electron chi connectivity index (χ1n) is 4.74. The van der Waals surface area contributed by atoms with Crippen LogP contribution in [0.1, 0.15) is 41.5 Å². The summed E-state index contributed by atoms with van der Waals surface area (Å²) in [5, 5.41) is 0. The SMILES string of the molecule is COCC(C)(C(C)C)C(C)(C)C. The lowest BCUT2D eigenvalue weighted by molar-refractivity contribution is -0.0278. The van der Waals surface area contributed by atoms with E-state index in [0.29, 0.717) is 11.3 Å². The summed E-state index contributed by atoms with van der Waals surface area (Å²) in [5.74, 6) is 0.650. The van der Waals surface area contributed by atoms with Crippen LogP contribution < -0.4 is 0 Å². The minimum atomic E-state index is 0.266. The Morgan fingerprint density at radius 2 is 1.50 bits per heavy atom. The highest BCUT2D eigenvalue weighted by molar-refractivity contribution is 4.88. The normalized spacial score (nSPS) is 18.0. The monoisotopic (exact) mass is 172 g/mol. The molecule has 1 unspecified atom stereocenters. The molecular formula is C11H24O. The number of rotatable bonds is 3. The Hall–Kier alpha value is -0.0400. The molecule has 12 heavy (non-hydrogen) atoms. The second kappa shape index (κ2) is 3.78. The van der Waals surface area contributed by atoms with Crippen molar-refractivity contribution in [2.24, 2.45) is 16.7 Å². The van der Waals surface area contributed by atoms with Gasteiger partial charge in [0.15, 0.2) is 0 Å². The van der Waals surface area contributed by atoms with Gasteiger partial charge >= 0.3 is 0 Å². The van der Waals surface area contributed by atoms with Crippen molar-refractivity contribution < 1.29 is 4.74 Å². The van der Waals surface area contributed by atoms with E-state index in [0.717, 1.165) is 6.61 Å². The molecule has 0 fully saturated rings. The highest BCUT2D eigenvalue weighted by atomic mass is 16.5. The maximum Gasteiger partial charge on any atom is 0.0523 e. The van der Waals surface area contributed by atoms with E-state index in [-0.39, 0.29) is 5.41 Å². The predicted molar refractivity (Wildman–Crippen MR) is 54.3 cm³/mol. The molecule has 0 aliphatic carbocycles. The summed E-state index contributed by atoms with van der Waals surface area (Å²) in [7, 11) is 1.78. The molecule has 0 rings (SSSR count). The molecule has 1 heteroatoms. The molecule has 0 aliphatic heterocycles. The molecule has 0 saturated carbocycles. The summed E-state index contributed by atoms with van der Waals surface area (Å²) in [4.78, 5) is 0. The Morgan fingerprint density at radius 1 is 1.08 bits per heavy atom. The highest BCUT2D eigenvalue weighted by Crippen LogP contribution is 2.44. The van der Waals surface area contributed by atoms with Gasteiger partial charge in [-0.05, 0) is 16.7 Å². The van der Waals surface area contributed by atoms with Gasteiger partial charge in [-0.2, -0.15) is 0 Å². The third-order valence-corrected chi connectivity index (χ3v) is 3.43.